The average Bonchev–Trinajstić information content (AvgIpc) is 2.52. The van der Waals surface area contributed by atoms with Gasteiger partial charge in [-0.25, -0.2) is 0 Å². The molecule has 0 radical (unpaired) electrons. The average molecular weight is 329 g/mol. The Labute approximate surface area is 136 Å². The van der Waals surface area contributed by atoms with Crippen molar-refractivity contribution in [1.29, 1.82) is 0 Å². The van der Waals surface area contributed by atoms with Crippen LogP contribution in [0.5, 0.6) is 0 Å². The van der Waals surface area contributed by atoms with Crippen molar-refractivity contribution in [3.63, 3.8) is 0 Å². The zero-order valence-corrected chi connectivity index (χ0v) is 13.7. The van der Waals surface area contributed by atoms with Gasteiger partial charge in [0.2, 0.25) is 0 Å². The van der Waals surface area contributed by atoms with Gasteiger partial charge in [-0.15, -0.1) is 0 Å². The zero-order valence-electron chi connectivity index (χ0n) is 13.7. The van der Waals surface area contributed by atoms with Crippen LogP contribution in [0.15, 0.2) is 30.3 Å². The highest BCUT2D eigenvalue weighted by atomic mass is 19.4. The Morgan fingerprint density at radius 2 is 1.65 bits per heavy atom. The Bertz CT molecular complexity index is 481. The first kappa shape index (κ1) is 18.3. The molecule has 1 atom stereocenters. The molecule has 0 spiro atoms. The number of alkyl halides is 3. The molecular formula is C18H26F3NO. The summed E-state index contributed by atoms with van der Waals surface area (Å²) < 4.78 is 40.3. The van der Waals surface area contributed by atoms with Crippen molar-refractivity contribution in [2.75, 3.05) is 6.54 Å². The largest absolute Gasteiger partial charge is 0.422 e. The number of rotatable bonds is 5. The molecule has 1 aromatic carbocycles. The lowest BCUT2D eigenvalue weighted by atomic mass is 9.79. The van der Waals surface area contributed by atoms with Crippen molar-refractivity contribution < 1.29 is 18.3 Å². The Hall–Kier alpha value is -1.07. The Morgan fingerprint density at radius 1 is 1.09 bits per heavy atom. The fourth-order valence-electron chi connectivity index (χ4n) is 3.36. The lowest BCUT2D eigenvalue weighted by Crippen LogP contribution is -2.52. The molecular weight excluding hydrogens is 303 g/mol. The number of benzene rings is 1. The molecule has 130 valence electrons. The van der Waals surface area contributed by atoms with Crippen molar-refractivity contribution in [2.24, 2.45) is 11.8 Å². The van der Waals surface area contributed by atoms with Crippen molar-refractivity contribution >= 4 is 0 Å². The van der Waals surface area contributed by atoms with Crippen molar-refractivity contribution in [3.8, 4) is 0 Å². The fourth-order valence-corrected chi connectivity index (χ4v) is 3.36. The summed E-state index contributed by atoms with van der Waals surface area (Å²) >= 11 is 0. The first-order valence-electron chi connectivity index (χ1n) is 8.32. The number of hydrogen-bond donors (Lipinski definition) is 2. The SMILES string of the molecule is CC(C)C1CCC(NCC(O)(c2ccccc2)C(F)(F)F)CC1. The van der Waals surface area contributed by atoms with E-state index in [4.69, 9.17) is 0 Å². The summed E-state index contributed by atoms with van der Waals surface area (Å²) in [5.74, 6) is 1.27. The highest BCUT2D eigenvalue weighted by Crippen LogP contribution is 2.39. The van der Waals surface area contributed by atoms with E-state index in [-0.39, 0.29) is 11.6 Å². The molecule has 0 saturated heterocycles. The normalized spacial score (nSPS) is 25.3. The van der Waals surface area contributed by atoms with Crippen molar-refractivity contribution in [3.05, 3.63) is 35.9 Å². The third-order valence-electron chi connectivity index (χ3n) is 5.08. The van der Waals surface area contributed by atoms with Crippen LogP contribution in [-0.2, 0) is 5.60 Å². The van der Waals surface area contributed by atoms with E-state index in [2.05, 4.69) is 19.2 Å². The van der Waals surface area contributed by atoms with E-state index >= 15 is 0 Å². The Balaban J connectivity index is 2.01. The second kappa shape index (κ2) is 7.22. The molecule has 0 aromatic heterocycles. The molecule has 0 heterocycles. The maximum absolute atomic E-state index is 13.4. The maximum Gasteiger partial charge on any atom is 0.422 e. The van der Waals surface area contributed by atoms with Crippen LogP contribution >= 0.6 is 0 Å². The van der Waals surface area contributed by atoms with Gasteiger partial charge < -0.3 is 10.4 Å². The maximum atomic E-state index is 13.4. The van der Waals surface area contributed by atoms with E-state index < -0.39 is 18.3 Å². The van der Waals surface area contributed by atoms with E-state index in [0.29, 0.717) is 11.8 Å². The summed E-state index contributed by atoms with van der Waals surface area (Å²) in [5, 5.41) is 13.3. The summed E-state index contributed by atoms with van der Waals surface area (Å²) in [6.45, 7) is 3.88. The van der Waals surface area contributed by atoms with Gasteiger partial charge in [0.15, 0.2) is 5.60 Å². The monoisotopic (exact) mass is 329 g/mol. The summed E-state index contributed by atoms with van der Waals surface area (Å²) in [4.78, 5) is 0. The minimum atomic E-state index is -4.71. The molecule has 1 aromatic rings. The molecule has 0 bridgehead atoms. The standard InChI is InChI=1S/C18H26F3NO/c1-13(2)14-8-10-16(11-9-14)22-12-17(23,18(19,20)21)15-6-4-3-5-7-15/h3-7,13-14,16,22-23H,8-12H2,1-2H3. The second-order valence-electron chi connectivity index (χ2n) is 6.96. The van der Waals surface area contributed by atoms with Gasteiger partial charge in [-0.2, -0.15) is 13.2 Å². The van der Waals surface area contributed by atoms with E-state index in [1.165, 1.54) is 24.3 Å². The Morgan fingerprint density at radius 3 is 2.13 bits per heavy atom. The number of nitrogens with one attached hydrogen (secondary N) is 1. The summed E-state index contributed by atoms with van der Waals surface area (Å²) in [6.07, 6.45) is -0.913. The van der Waals surface area contributed by atoms with Gasteiger partial charge in [0, 0.05) is 12.6 Å². The topological polar surface area (TPSA) is 32.3 Å². The predicted molar refractivity (Wildman–Crippen MR) is 85.0 cm³/mol. The molecule has 1 fully saturated rings. The fraction of sp³-hybridized carbons (Fsp3) is 0.667. The van der Waals surface area contributed by atoms with E-state index in [1.807, 2.05) is 0 Å². The van der Waals surface area contributed by atoms with Crippen LogP contribution in [0.2, 0.25) is 0 Å². The first-order chi connectivity index (χ1) is 10.7. The van der Waals surface area contributed by atoms with Gasteiger partial charge in [0.1, 0.15) is 0 Å². The van der Waals surface area contributed by atoms with Gasteiger partial charge in [-0.05, 0) is 43.1 Å². The second-order valence-corrected chi connectivity index (χ2v) is 6.96. The van der Waals surface area contributed by atoms with Crippen LogP contribution in [0, 0.1) is 11.8 Å². The number of aliphatic hydroxyl groups is 1. The summed E-state index contributed by atoms with van der Waals surface area (Å²) in [6, 6.07) is 7.36. The quantitative estimate of drug-likeness (QED) is 0.847. The molecule has 2 rings (SSSR count). The Kier molecular flexibility index (Phi) is 5.74. The smallest absolute Gasteiger partial charge is 0.375 e. The van der Waals surface area contributed by atoms with Crippen LogP contribution in [0.4, 0.5) is 13.2 Å². The molecule has 1 saturated carbocycles. The number of hydrogen-bond acceptors (Lipinski definition) is 2. The van der Waals surface area contributed by atoms with Gasteiger partial charge >= 0.3 is 6.18 Å². The van der Waals surface area contributed by atoms with Crippen LogP contribution in [0.25, 0.3) is 0 Å². The molecule has 5 heteroatoms. The van der Waals surface area contributed by atoms with Gasteiger partial charge in [0.05, 0.1) is 0 Å². The summed E-state index contributed by atoms with van der Waals surface area (Å²) in [7, 11) is 0. The molecule has 2 nitrogen and oxygen atoms in total. The van der Waals surface area contributed by atoms with Crippen LogP contribution < -0.4 is 5.32 Å². The third-order valence-corrected chi connectivity index (χ3v) is 5.08. The van der Waals surface area contributed by atoms with Gasteiger partial charge in [-0.3, -0.25) is 0 Å². The molecule has 0 amide bonds. The predicted octanol–water partition coefficient (Wildman–Crippen LogP) is 4.24. The lowest BCUT2D eigenvalue weighted by Gasteiger charge is -2.36. The van der Waals surface area contributed by atoms with Crippen LogP contribution in [-0.4, -0.2) is 23.9 Å². The summed E-state index contributed by atoms with van der Waals surface area (Å²) in [5.41, 5.74) is -2.96. The minimum Gasteiger partial charge on any atom is -0.375 e. The molecule has 1 unspecified atom stereocenters. The molecule has 1 aliphatic rings. The highest BCUT2D eigenvalue weighted by molar-refractivity contribution is 5.24. The van der Waals surface area contributed by atoms with E-state index in [1.54, 1.807) is 6.07 Å². The highest BCUT2D eigenvalue weighted by Gasteiger charge is 2.54. The van der Waals surface area contributed by atoms with Crippen LogP contribution in [0.3, 0.4) is 0 Å². The van der Waals surface area contributed by atoms with Crippen molar-refractivity contribution in [2.45, 2.75) is 57.3 Å². The zero-order chi connectivity index (χ0) is 17.1. The van der Waals surface area contributed by atoms with Crippen LogP contribution in [0.1, 0.15) is 45.1 Å². The molecule has 0 aliphatic heterocycles. The van der Waals surface area contributed by atoms with Crippen molar-refractivity contribution in [1.82, 2.24) is 5.32 Å². The first-order valence-corrected chi connectivity index (χ1v) is 8.32. The van der Waals surface area contributed by atoms with E-state index in [0.717, 1.165) is 25.7 Å². The number of halogens is 3. The lowest BCUT2D eigenvalue weighted by molar-refractivity contribution is -0.265. The molecule has 2 N–H and O–H groups in total. The minimum absolute atomic E-state index is 0.0441. The molecule has 23 heavy (non-hydrogen) atoms. The van der Waals surface area contributed by atoms with E-state index in [9.17, 15) is 18.3 Å². The van der Waals surface area contributed by atoms with Gasteiger partial charge in [0.25, 0.3) is 0 Å². The van der Waals surface area contributed by atoms with Gasteiger partial charge in [-0.1, -0.05) is 44.2 Å². The molecule has 1 aliphatic carbocycles. The third kappa shape index (κ3) is 4.27.